The molecule has 1 heterocycles. The number of amides is 1. The molecule has 0 bridgehead atoms. The van der Waals surface area contributed by atoms with Crippen LogP contribution in [0.1, 0.15) is 35.7 Å². The summed E-state index contributed by atoms with van der Waals surface area (Å²) in [6.07, 6.45) is 0.981. The lowest BCUT2D eigenvalue weighted by Gasteiger charge is -2.31. The summed E-state index contributed by atoms with van der Waals surface area (Å²) < 4.78 is 0.911. The first-order valence-corrected chi connectivity index (χ1v) is 10.4. The number of hydrogen-bond acceptors (Lipinski definition) is 3. The van der Waals surface area contributed by atoms with Gasteiger partial charge in [0.1, 0.15) is 0 Å². The number of halogens is 1. The molecule has 5 heteroatoms. The van der Waals surface area contributed by atoms with Gasteiger partial charge >= 0.3 is 0 Å². The van der Waals surface area contributed by atoms with Gasteiger partial charge in [-0.05, 0) is 41.8 Å². The van der Waals surface area contributed by atoms with Crippen LogP contribution in [0.25, 0.3) is 11.1 Å². The molecule has 0 saturated carbocycles. The Morgan fingerprint density at radius 1 is 1.00 bits per heavy atom. The molecule has 0 aromatic heterocycles. The van der Waals surface area contributed by atoms with Crippen molar-refractivity contribution in [3.63, 3.8) is 0 Å². The summed E-state index contributed by atoms with van der Waals surface area (Å²) in [7, 11) is 0. The first-order valence-electron chi connectivity index (χ1n) is 9.56. The molecule has 4 nitrogen and oxygen atoms in total. The Morgan fingerprint density at radius 2 is 1.62 bits per heavy atom. The number of hydrogen-bond donors (Lipinski definition) is 1. The Morgan fingerprint density at radius 3 is 2.24 bits per heavy atom. The highest BCUT2D eigenvalue weighted by atomic mass is 79.9. The number of carbonyl (C=O) groups excluding carboxylic acids is 1. The van der Waals surface area contributed by atoms with E-state index >= 15 is 0 Å². The quantitative estimate of drug-likeness (QED) is 0.566. The standard InChI is InChI=1S/C24H21BrN2O2/c1-2-22-16-24(29,20-12-14-21(25)15-13-20)27(26-22)23(28)19-10-8-18(9-11-19)17-6-4-3-5-7-17/h3-15,29H,2,16H2,1H3/t24-/m0/s1. The molecule has 3 aromatic carbocycles. The molecular formula is C24H21BrN2O2. The van der Waals surface area contributed by atoms with Crippen molar-refractivity contribution in [1.29, 1.82) is 0 Å². The van der Waals surface area contributed by atoms with Crippen LogP contribution in [0, 0.1) is 0 Å². The van der Waals surface area contributed by atoms with Crippen molar-refractivity contribution in [3.8, 4) is 11.1 Å². The summed E-state index contributed by atoms with van der Waals surface area (Å²) in [6.45, 7) is 1.98. The van der Waals surface area contributed by atoms with Crippen LogP contribution in [0.3, 0.4) is 0 Å². The topological polar surface area (TPSA) is 52.9 Å². The van der Waals surface area contributed by atoms with Crippen molar-refractivity contribution in [2.24, 2.45) is 5.10 Å². The third kappa shape index (κ3) is 3.76. The molecule has 0 fully saturated rings. The number of benzene rings is 3. The average Bonchev–Trinajstić information content (AvgIpc) is 3.12. The molecule has 0 spiro atoms. The van der Waals surface area contributed by atoms with Gasteiger partial charge in [0.2, 0.25) is 0 Å². The van der Waals surface area contributed by atoms with E-state index in [2.05, 4.69) is 21.0 Å². The maximum absolute atomic E-state index is 13.3. The molecule has 1 aliphatic heterocycles. The Labute approximate surface area is 178 Å². The molecule has 0 unspecified atom stereocenters. The van der Waals surface area contributed by atoms with Crippen molar-refractivity contribution in [2.45, 2.75) is 25.5 Å². The molecule has 0 radical (unpaired) electrons. The number of nitrogens with zero attached hydrogens (tertiary/aromatic N) is 2. The molecule has 1 N–H and O–H groups in total. The summed E-state index contributed by atoms with van der Waals surface area (Å²) in [4.78, 5) is 13.3. The zero-order valence-corrected chi connectivity index (χ0v) is 17.6. The van der Waals surface area contributed by atoms with Gasteiger partial charge in [-0.3, -0.25) is 4.79 Å². The molecule has 4 rings (SSSR count). The lowest BCUT2D eigenvalue weighted by atomic mass is 9.96. The fourth-order valence-corrected chi connectivity index (χ4v) is 3.79. The summed E-state index contributed by atoms with van der Waals surface area (Å²) >= 11 is 3.41. The maximum atomic E-state index is 13.3. The van der Waals surface area contributed by atoms with E-state index in [1.54, 1.807) is 12.1 Å². The predicted molar refractivity (Wildman–Crippen MR) is 118 cm³/mol. The molecule has 1 aliphatic rings. The predicted octanol–water partition coefficient (Wildman–Crippen LogP) is 5.57. The highest BCUT2D eigenvalue weighted by molar-refractivity contribution is 9.10. The SMILES string of the molecule is CCC1=NN(C(=O)c2ccc(-c3ccccc3)cc2)[C@@](O)(c2ccc(Br)cc2)C1. The molecule has 146 valence electrons. The van der Waals surface area contributed by atoms with Crippen molar-refractivity contribution < 1.29 is 9.90 Å². The first kappa shape index (κ1) is 19.6. The van der Waals surface area contributed by atoms with Crippen LogP contribution >= 0.6 is 15.9 Å². The van der Waals surface area contributed by atoms with E-state index in [-0.39, 0.29) is 5.91 Å². The Bertz CT molecular complexity index is 1050. The highest BCUT2D eigenvalue weighted by Crippen LogP contribution is 2.37. The van der Waals surface area contributed by atoms with Crippen LogP contribution in [-0.2, 0) is 5.72 Å². The van der Waals surface area contributed by atoms with Crippen molar-refractivity contribution >= 4 is 27.5 Å². The fourth-order valence-electron chi connectivity index (χ4n) is 3.53. The van der Waals surface area contributed by atoms with Crippen LogP contribution in [0.5, 0.6) is 0 Å². The minimum Gasteiger partial charge on any atom is -0.365 e. The van der Waals surface area contributed by atoms with Gasteiger partial charge in [-0.15, -0.1) is 0 Å². The largest absolute Gasteiger partial charge is 0.365 e. The third-order valence-corrected chi connectivity index (χ3v) is 5.72. The maximum Gasteiger partial charge on any atom is 0.276 e. The first-order chi connectivity index (χ1) is 14.0. The normalized spacial score (nSPS) is 18.6. The van der Waals surface area contributed by atoms with Crippen molar-refractivity contribution in [1.82, 2.24) is 5.01 Å². The van der Waals surface area contributed by atoms with E-state index in [9.17, 15) is 9.90 Å². The van der Waals surface area contributed by atoms with Crippen LogP contribution in [-0.4, -0.2) is 21.7 Å². The lowest BCUT2D eigenvalue weighted by molar-refractivity contribution is -0.0765. The van der Waals surface area contributed by atoms with Crippen LogP contribution < -0.4 is 0 Å². The average molecular weight is 449 g/mol. The summed E-state index contributed by atoms with van der Waals surface area (Å²) in [6, 6.07) is 24.7. The fraction of sp³-hybridized carbons (Fsp3) is 0.167. The molecular weight excluding hydrogens is 428 g/mol. The lowest BCUT2D eigenvalue weighted by Crippen LogP contribution is -2.43. The van der Waals surface area contributed by atoms with E-state index in [0.29, 0.717) is 24.0 Å². The van der Waals surface area contributed by atoms with E-state index in [1.807, 2.05) is 73.7 Å². The van der Waals surface area contributed by atoms with Gasteiger partial charge in [-0.25, -0.2) is 0 Å². The molecule has 29 heavy (non-hydrogen) atoms. The van der Waals surface area contributed by atoms with Gasteiger partial charge in [0, 0.05) is 27.7 Å². The zero-order valence-electron chi connectivity index (χ0n) is 16.0. The van der Waals surface area contributed by atoms with Crippen LogP contribution in [0.15, 0.2) is 88.4 Å². The minimum absolute atomic E-state index is 0.305. The van der Waals surface area contributed by atoms with E-state index in [0.717, 1.165) is 21.3 Å². The monoisotopic (exact) mass is 448 g/mol. The second-order valence-electron chi connectivity index (χ2n) is 7.08. The van der Waals surface area contributed by atoms with Gasteiger partial charge in [0.15, 0.2) is 5.72 Å². The smallest absolute Gasteiger partial charge is 0.276 e. The number of aliphatic hydroxyl groups is 1. The van der Waals surface area contributed by atoms with Gasteiger partial charge in [0.05, 0.1) is 0 Å². The van der Waals surface area contributed by atoms with Crippen molar-refractivity contribution in [2.75, 3.05) is 0 Å². The number of hydrazone groups is 1. The Balaban J connectivity index is 1.66. The van der Waals surface area contributed by atoms with Gasteiger partial charge in [-0.2, -0.15) is 10.1 Å². The van der Waals surface area contributed by atoms with E-state index in [1.165, 1.54) is 5.01 Å². The minimum atomic E-state index is -1.48. The number of carbonyl (C=O) groups is 1. The zero-order chi connectivity index (χ0) is 20.4. The molecule has 3 aromatic rings. The second-order valence-corrected chi connectivity index (χ2v) is 8.00. The van der Waals surface area contributed by atoms with Gasteiger partial charge in [-0.1, -0.05) is 77.5 Å². The van der Waals surface area contributed by atoms with Crippen LogP contribution in [0.2, 0.25) is 0 Å². The highest BCUT2D eigenvalue weighted by Gasteiger charge is 2.45. The third-order valence-electron chi connectivity index (χ3n) is 5.19. The molecule has 0 aliphatic carbocycles. The van der Waals surface area contributed by atoms with Gasteiger partial charge < -0.3 is 5.11 Å². The molecule has 1 atom stereocenters. The Hall–Kier alpha value is -2.76. The Kier molecular flexibility index (Phi) is 5.35. The molecule has 0 saturated heterocycles. The van der Waals surface area contributed by atoms with E-state index in [4.69, 9.17) is 0 Å². The van der Waals surface area contributed by atoms with E-state index < -0.39 is 5.72 Å². The summed E-state index contributed by atoms with van der Waals surface area (Å²) in [5, 5.41) is 17.1. The summed E-state index contributed by atoms with van der Waals surface area (Å²) in [5.41, 5.74) is 2.56. The molecule has 1 amide bonds. The van der Waals surface area contributed by atoms with Gasteiger partial charge in [0.25, 0.3) is 5.91 Å². The summed E-state index contributed by atoms with van der Waals surface area (Å²) in [5.74, 6) is -0.321. The van der Waals surface area contributed by atoms with Crippen LogP contribution in [0.4, 0.5) is 0 Å². The number of rotatable bonds is 4. The second kappa shape index (κ2) is 7.93. The van der Waals surface area contributed by atoms with Crippen molar-refractivity contribution in [3.05, 3.63) is 94.5 Å².